The molecule has 1 aromatic heterocycles. The number of aryl methyl sites for hydroxylation is 1. The summed E-state index contributed by atoms with van der Waals surface area (Å²) >= 11 is 0. The third-order valence-corrected chi connectivity index (χ3v) is 5.56. The van der Waals surface area contributed by atoms with Gasteiger partial charge in [-0.05, 0) is 43.7 Å². The van der Waals surface area contributed by atoms with Gasteiger partial charge in [0, 0.05) is 44.4 Å². The van der Waals surface area contributed by atoms with E-state index in [1.165, 1.54) is 18.4 Å². The van der Waals surface area contributed by atoms with E-state index in [2.05, 4.69) is 46.6 Å². The van der Waals surface area contributed by atoms with Crippen LogP contribution in [0.25, 0.3) is 0 Å². The van der Waals surface area contributed by atoms with Crippen LogP contribution >= 0.6 is 0 Å². The molecule has 0 spiro atoms. The number of aliphatic imine (C=N–C) groups is 1. The summed E-state index contributed by atoms with van der Waals surface area (Å²) in [5.74, 6) is 3.24. The average molecular weight is 382 g/mol. The molecule has 150 valence electrons. The van der Waals surface area contributed by atoms with Gasteiger partial charge in [0.1, 0.15) is 5.75 Å². The summed E-state index contributed by atoms with van der Waals surface area (Å²) in [5, 5.41) is 7.79. The standard InChI is InChI=1S/C22H31N5O/c1-3-23-22(27-11-10-19(15-27)20-13-25-26(2)14-20)24-12-18-6-4-5-7-21(18)28-16-17-8-9-17/h4-7,13-14,17,19H,3,8-12,15-16H2,1-2H3,(H,23,24). The van der Waals surface area contributed by atoms with Gasteiger partial charge in [0.05, 0.1) is 19.3 Å². The van der Waals surface area contributed by atoms with Gasteiger partial charge in [0.15, 0.2) is 5.96 Å². The molecule has 6 heteroatoms. The van der Waals surface area contributed by atoms with Gasteiger partial charge >= 0.3 is 0 Å². The average Bonchev–Trinajstić information content (AvgIpc) is 3.22. The van der Waals surface area contributed by atoms with Crippen LogP contribution in [-0.4, -0.2) is 46.9 Å². The van der Waals surface area contributed by atoms with Crippen molar-refractivity contribution in [2.45, 2.75) is 38.6 Å². The summed E-state index contributed by atoms with van der Waals surface area (Å²) in [6.45, 7) is 6.46. The monoisotopic (exact) mass is 381 g/mol. The van der Waals surface area contributed by atoms with E-state index in [1.807, 2.05) is 24.0 Å². The van der Waals surface area contributed by atoms with Gasteiger partial charge in [-0.15, -0.1) is 0 Å². The number of benzene rings is 1. The summed E-state index contributed by atoms with van der Waals surface area (Å²) in [5.41, 5.74) is 2.47. The van der Waals surface area contributed by atoms with E-state index in [0.29, 0.717) is 12.5 Å². The van der Waals surface area contributed by atoms with Crippen molar-refractivity contribution in [3.05, 3.63) is 47.8 Å². The first kappa shape index (κ1) is 18.8. The fourth-order valence-electron chi connectivity index (χ4n) is 3.73. The highest BCUT2D eigenvalue weighted by Crippen LogP contribution is 2.31. The number of rotatable bonds is 7. The highest BCUT2D eigenvalue weighted by atomic mass is 16.5. The highest BCUT2D eigenvalue weighted by Gasteiger charge is 2.27. The van der Waals surface area contributed by atoms with Crippen LogP contribution in [0.3, 0.4) is 0 Å². The molecule has 1 atom stereocenters. The second-order valence-corrected chi connectivity index (χ2v) is 7.91. The second-order valence-electron chi connectivity index (χ2n) is 7.91. The molecule has 0 radical (unpaired) electrons. The van der Waals surface area contributed by atoms with Crippen LogP contribution in [0, 0.1) is 5.92 Å². The molecule has 0 bridgehead atoms. The fourth-order valence-corrected chi connectivity index (χ4v) is 3.73. The molecule has 2 heterocycles. The number of nitrogens with one attached hydrogen (secondary N) is 1. The van der Waals surface area contributed by atoms with E-state index < -0.39 is 0 Å². The van der Waals surface area contributed by atoms with Gasteiger partial charge < -0.3 is 15.0 Å². The lowest BCUT2D eigenvalue weighted by molar-refractivity contribution is 0.297. The molecule has 1 aliphatic heterocycles. The lowest BCUT2D eigenvalue weighted by atomic mass is 10.0. The maximum Gasteiger partial charge on any atom is 0.194 e. The zero-order valence-electron chi connectivity index (χ0n) is 17.0. The molecule has 28 heavy (non-hydrogen) atoms. The zero-order chi connectivity index (χ0) is 19.3. The number of likely N-dealkylation sites (tertiary alicyclic amines) is 1. The van der Waals surface area contributed by atoms with Gasteiger partial charge in [0.25, 0.3) is 0 Å². The van der Waals surface area contributed by atoms with Crippen LogP contribution in [0.15, 0.2) is 41.7 Å². The normalized spacial score (nSPS) is 19.9. The molecule has 0 amide bonds. The molecule has 2 aliphatic rings. The van der Waals surface area contributed by atoms with Crippen molar-refractivity contribution in [1.82, 2.24) is 20.0 Å². The smallest absolute Gasteiger partial charge is 0.194 e. The summed E-state index contributed by atoms with van der Waals surface area (Å²) < 4.78 is 7.93. The lowest BCUT2D eigenvalue weighted by Gasteiger charge is -2.21. The van der Waals surface area contributed by atoms with Crippen molar-refractivity contribution < 1.29 is 4.74 Å². The van der Waals surface area contributed by atoms with Gasteiger partial charge in [0.2, 0.25) is 0 Å². The van der Waals surface area contributed by atoms with Gasteiger partial charge in [-0.3, -0.25) is 4.68 Å². The first-order valence-corrected chi connectivity index (χ1v) is 10.5. The number of hydrogen-bond donors (Lipinski definition) is 1. The molecule has 1 saturated carbocycles. The molecule has 4 rings (SSSR count). The highest BCUT2D eigenvalue weighted by molar-refractivity contribution is 5.80. The molecule has 1 N–H and O–H groups in total. The quantitative estimate of drug-likeness (QED) is 0.591. The number of hydrogen-bond acceptors (Lipinski definition) is 3. The van der Waals surface area contributed by atoms with Crippen molar-refractivity contribution in [2.75, 3.05) is 26.2 Å². The van der Waals surface area contributed by atoms with Crippen LogP contribution in [0.1, 0.15) is 43.2 Å². The van der Waals surface area contributed by atoms with Crippen molar-refractivity contribution in [3.63, 3.8) is 0 Å². The SMILES string of the molecule is CCNC(=NCc1ccccc1OCC1CC1)N1CCC(c2cnn(C)c2)C1. The minimum absolute atomic E-state index is 0.520. The summed E-state index contributed by atoms with van der Waals surface area (Å²) in [7, 11) is 1.98. The minimum Gasteiger partial charge on any atom is -0.493 e. The van der Waals surface area contributed by atoms with E-state index in [-0.39, 0.29) is 0 Å². The fraction of sp³-hybridized carbons (Fsp3) is 0.545. The molecule has 1 aromatic carbocycles. The van der Waals surface area contributed by atoms with Crippen LogP contribution < -0.4 is 10.1 Å². The molecule has 6 nitrogen and oxygen atoms in total. The number of ether oxygens (including phenoxy) is 1. The second kappa shape index (κ2) is 8.67. The molecule has 1 aliphatic carbocycles. The van der Waals surface area contributed by atoms with Gasteiger partial charge in [-0.1, -0.05) is 18.2 Å². The van der Waals surface area contributed by atoms with Gasteiger partial charge in [-0.25, -0.2) is 4.99 Å². The van der Waals surface area contributed by atoms with Crippen molar-refractivity contribution in [3.8, 4) is 5.75 Å². The molecule has 1 unspecified atom stereocenters. The van der Waals surface area contributed by atoms with E-state index in [1.54, 1.807) is 0 Å². The van der Waals surface area contributed by atoms with E-state index in [9.17, 15) is 0 Å². The molecule has 2 aromatic rings. The van der Waals surface area contributed by atoms with Gasteiger partial charge in [-0.2, -0.15) is 5.10 Å². The van der Waals surface area contributed by atoms with Crippen LogP contribution in [0.4, 0.5) is 0 Å². The topological polar surface area (TPSA) is 54.7 Å². The zero-order valence-corrected chi connectivity index (χ0v) is 17.0. The molecular weight excluding hydrogens is 350 g/mol. The predicted molar refractivity (Wildman–Crippen MR) is 112 cm³/mol. The summed E-state index contributed by atoms with van der Waals surface area (Å²) in [4.78, 5) is 7.30. The number of para-hydroxylation sites is 1. The first-order chi connectivity index (χ1) is 13.7. The maximum absolute atomic E-state index is 6.04. The van der Waals surface area contributed by atoms with Crippen molar-refractivity contribution in [2.24, 2.45) is 18.0 Å². The Bertz CT molecular complexity index is 811. The Balaban J connectivity index is 1.42. The minimum atomic E-state index is 0.520. The van der Waals surface area contributed by atoms with Crippen molar-refractivity contribution in [1.29, 1.82) is 0 Å². The Hall–Kier alpha value is -2.50. The predicted octanol–water partition coefficient (Wildman–Crippen LogP) is 3.16. The Morgan fingerprint density at radius 1 is 1.29 bits per heavy atom. The summed E-state index contributed by atoms with van der Waals surface area (Å²) in [6.07, 6.45) is 7.87. The summed E-state index contributed by atoms with van der Waals surface area (Å²) in [6, 6.07) is 8.29. The molecule has 1 saturated heterocycles. The number of nitrogens with zero attached hydrogens (tertiary/aromatic N) is 4. The Labute approximate surface area is 167 Å². The molecule has 2 fully saturated rings. The largest absolute Gasteiger partial charge is 0.493 e. The van der Waals surface area contributed by atoms with E-state index >= 15 is 0 Å². The van der Waals surface area contributed by atoms with Crippen molar-refractivity contribution >= 4 is 5.96 Å². The molecular formula is C22H31N5O. The van der Waals surface area contributed by atoms with Crippen LogP contribution in [0.2, 0.25) is 0 Å². The van der Waals surface area contributed by atoms with E-state index in [0.717, 1.165) is 55.9 Å². The third kappa shape index (κ3) is 4.66. The lowest BCUT2D eigenvalue weighted by Crippen LogP contribution is -2.40. The number of guanidine groups is 1. The Kier molecular flexibility index (Phi) is 5.84. The number of aromatic nitrogens is 2. The van der Waals surface area contributed by atoms with E-state index in [4.69, 9.17) is 9.73 Å². The third-order valence-electron chi connectivity index (χ3n) is 5.56. The van der Waals surface area contributed by atoms with Crippen LogP contribution in [0.5, 0.6) is 5.75 Å². The Morgan fingerprint density at radius 2 is 2.14 bits per heavy atom. The maximum atomic E-state index is 6.04. The van der Waals surface area contributed by atoms with Crippen LogP contribution in [-0.2, 0) is 13.6 Å². The Morgan fingerprint density at radius 3 is 2.89 bits per heavy atom. The first-order valence-electron chi connectivity index (χ1n) is 10.5.